The minimum absolute atomic E-state index is 0.714. The predicted octanol–water partition coefficient (Wildman–Crippen LogP) is 2.00. The summed E-state index contributed by atoms with van der Waals surface area (Å²) in [5.41, 5.74) is 1.30. The second-order valence-electron chi connectivity index (χ2n) is 2.92. The molecule has 0 aliphatic carbocycles. The van der Waals surface area contributed by atoms with E-state index in [1.165, 1.54) is 25.0 Å². The van der Waals surface area contributed by atoms with Crippen LogP contribution in [-0.4, -0.2) is 18.0 Å². The summed E-state index contributed by atoms with van der Waals surface area (Å²) in [5, 5.41) is 0. The number of piperidine rings is 1. The van der Waals surface area contributed by atoms with Crippen LogP contribution in [0.5, 0.6) is 0 Å². The summed E-state index contributed by atoms with van der Waals surface area (Å²) < 4.78 is 0. The van der Waals surface area contributed by atoms with Crippen molar-refractivity contribution in [1.29, 1.82) is 0 Å². The molecule has 1 aliphatic heterocycles. The van der Waals surface area contributed by atoms with Crippen LogP contribution in [0, 0.1) is 0 Å². The summed E-state index contributed by atoms with van der Waals surface area (Å²) >= 11 is 0. The lowest BCUT2D eigenvalue weighted by atomic mass is 10.0. The van der Waals surface area contributed by atoms with Gasteiger partial charge < -0.3 is 4.90 Å². The summed E-state index contributed by atoms with van der Waals surface area (Å²) in [4.78, 5) is 2.28. The van der Waals surface area contributed by atoms with E-state index in [4.69, 9.17) is 0 Å². The molecule has 0 N–H and O–H groups in total. The van der Waals surface area contributed by atoms with E-state index in [2.05, 4.69) is 25.5 Å². The van der Waals surface area contributed by atoms with Crippen LogP contribution in [0.2, 0.25) is 0 Å². The molecule has 9 heavy (non-hydrogen) atoms. The topological polar surface area (TPSA) is 3.24 Å². The van der Waals surface area contributed by atoms with Gasteiger partial charge in [-0.25, -0.2) is 0 Å². The molecule has 0 bridgehead atoms. The number of nitrogens with zero attached hydrogens (tertiary/aromatic N) is 1. The quantitative estimate of drug-likeness (QED) is 0.478. The Morgan fingerprint density at radius 2 is 2.33 bits per heavy atom. The highest BCUT2D eigenvalue weighted by molar-refractivity contribution is 4.97. The van der Waals surface area contributed by atoms with Crippen molar-refractivity contribution in [1.82, 2.24) is 4.90 Å². The Hall–Kier alpha value is -0.460. The average molecular weight is 125 g/mol. The molecule has 1 atom stereocenters. The van der Waals surface area contributed by atoms with Crippen molar-refractivity contribution in [2.45, 2.75) is 32.2 Å². The van der Waals surface area contributed by atoms with Gasteiger partial charge in [-0.1, -0.05) is 6.58 Å². The molecule has 52 valence electrons. The summed E-state index contributed by atoms with van der Waals surface area (Å²) in [6.45, 7) is 6.23. The lowest BCUT2D eigenvalue weighted by Crippen LogP contribution is -2.31. The molecule has 0 radical (unpaired) electrons. The summed E-state index contributed by atoms with van der Waals surface area (Å²) in [6.07, 6.45) is 3.85. The van der Waals surface area contributed by atoms with E-state index in [0.29, 0.717) is 6.04 Å². The minimum atomic E-state index is 0.714. The fourth-order valence-electron chi connectivity index (χ4n) is 1.28. The second-order valence-corrected chi connectivity index (χ2v) is 2.92. The van der Waals surface area contributed by atoms with Crippen molar-refractivity contribution in [3.05, 3.63) is 12.3 Å². The van der Waals surface area contributed by atoms with Gasteiger partial charge in [0.2, 0.25) is 0 Å². The first-order chi connectivity index (χ1) is 4.22. The van der Waals surface area contributed by atoms with Gasteiger partial charge in [0.25, 0.3) is 0 Å². The molecule has 0 amide bonds. The van der Waals surface area contributed by atoms with E-state index in [9.17, 15) is 0 Å². The highest BCUT2D eigenvalue weighted by atomic mass is 15.1. The Labute approximate surface area is 57.4 Å². The predicted molar refractivity (Wildman–Crippen MR) is 40.2 cm³/mol. The first-order valence-electron chi connectivity index (χ1n) is 3.62. The standard InChI is InChI=1S/C8H15N/c1-7-5-4-6-8(2)9(7)3/h8H,1,4-6H2,2-3H3. The van der Waals surface area contributed by atoms with Crippen LogP contribution in [0.4, 0.5) is 0 Å². The third-order valence-electron chi connectivity index (χ3n) is 2.25. The zero-order valence-corrected chi connectivity index (χ0v) is 6.35. The molecule has 0 aromatic rings. The molecule has 1 unspecified atom stereocenters. The van der Waals surface area contributed by atoms with E-state index >= 15 is 0 Å². The number of allylic oxidation sites excluding steroid dienone is 1. The van der Waals surface area contributed by atoms with Crippen molar-refractivity contribution in [2.75, 3.05) is 7.05 Å². The Balaban J connectivity index is 2.51. The Morgan fingerprint density at radius 1 is 1.67 bits per heavy atom. The van der Waals surface area contributed by atoms with Crippen molar-refractivity contribution in [3.63, 3.8) is 0 Å². The highest BCUT2D eigenvalue weighted by Crippen LogP contribution is 2.21. The van der Waals surface area contributed by atoms with Gasteiger partial charge in [-0.2, -0.15) is 0 Å². The zero-order chi connectivity index (χ0) is 6.85. The third-order valence-corrected chi connectivity index (χ3v) is 2.25. The summed E-state index contributed by atoms with van der Waals surface area (Å²) in [7, 11) is 2.13. The van der Waals surface area contributed by atoms with E-state index < -0.39 is 0 Å². The van der Waals surface area contributed by atoms with Crippen LogP contribution in [0.15, 0.2) is 12.3 Å². The van der Waals surface area contributed by atoms with Gasteiger partial charge in [-0.15, -0.1) is 0 Å². The Morgan fingerprint density at radius 3 is 2.78 bits per heavy atom. The van der Waals surface area contributed by atoms with Crippen LogP contribution in [0.25, 0.3) is 0 Å². The van der Waals surface area contributed by atoms with Crippen LogP contribution >= 0.6 is 0 Å². The van der Waals surface area contributed by atoms with E-state index in [1.54, 1.807) is 0 Å². The normalized spacial score (nSPS) is 28.9. The molecule has 1 aliphatic rings. The minimum Gasteiger partial charge on any atom is -0.376 e. The molecular formula is C8H15N. The van der Waals surface area contributed by atoms with Crippen LogP contribution in [0.3, 0.4) is 0 Å². The van der Waals surface area contributed by atoms with Crippen molar-refractivity contribution >= 4 is 0 Å². The largest absolute Gasteiger partial charge is 0.376 e. The lowest BCUT2D eigenvalue weighted by molar-refractivity contribution is 0.258. The maximum absolute atomic E-state index is 3.97. The fraction of sp³-hybridized carbons (Fsp3) is 0.750. The molecule has 1 fully saturated rings. The monoisotopic (exact) mass is 125 g/mol. The van der Waals surface area contributed by atoms with Gasteiger partial charge in [-0.05, 0) is 26.2 Å². The smallest absolute Gasteiger partial charge is 0.0255 e. The van der Waals surface area contributed by atoms with Crippen LogP contribution in [-0.2, 0) is 0 Å². The molecule has 1 heteroatoms. The fourth-order valence-corrected chi connectivity index (χ4v) is 1.28. The maximum atomic E-state index is 3.97. The van der Waals surface area contributed by atoms with E-state index in [-0.39, 0.29) is 0 Å². The van der Waals surface area contributed by atoms with Gasteiger partial charge >= 0.3 is 0 Å². The van der Waals surface area contributed by atoms with Crippen LogP contribution in [0.1, 0.15) is 26.2 Å². The number of rotatable bonds is 0. The highest BCUT2D eigenvalue weighted by Gasteiger charge is 2.15. The number of hydrogen-bond donors (Lipinski definition) is 0. The first kappa shape index (κ1) is 6.66. The van der Waals surface area contributed by atoms with E-state index in [1.807, 2.05) is 0 Å². The molecule has 1 nitrogen and oxygen atoms in total. The van der Waals surface area contributed by atoms with Gasteiger partial charge in [-0.3, -0.25) is 0 Å². The molecule has 1 rings (SSSR count). The van der Waals surface area contributed by atoms with Crippen molar-refractivity contribution in [3.8, 4) is 0 Å². The van der Waals surface area contributed by atoms with Crippen molar-refractivity contribution < 1.29 is 0 Å². The summed E-state index contributed by atoms with van der Waals surface area (Å²) in [5.74, 6) is 0. The SMILES string of the molecule is C=C1CCCC(C)N1C. The molecule has 0 spiro atoms. The number of hydrogen-bond acceptors (Lipinski definition) is 1. The van der Waals surface area contributed by atoms with Gasteiger partial charge in [0, 0.05) is 18.8 Å². The molecular weight excluding hydrogens is 110 g/mol. The third kappa shape index (κ3) is 1.26. The van der Waals surface area contributed by atoms with Gasteiger partial charge in [0.15, 0.2) is 0 Å². The van der Waals surface area contributed by atoms with Gasteiger partial charge in [0.05, 0.1) is 0 Å². The van der Waals surface area contributed by atoms with Gasteiger partial charge in [0.1, 0.15) is 0 Å². The van der Waals surface area contributed by atoms with Crippen molar-refractivity contribution in [2.24, 2.45) is 0 Å². The zero-order valence-electron chi connectivity index (χ0n) is 6.35. The number of likely N-dealkylation sites (tertiary alicyclic amines) is 1. The second kappa shape index (κ2) is 2.42. The maximum Gasteiger partial charge on any atom is 0.0255 e. The van der Waals surface area contributed by atoms with Crippen LogP contribution < -0.4 is 0 Å². The average Bonchev–Trinajstić information content (AvgIpc) is 1.83. The molecule has 1 saturated heterocycles. The Kier molecular flexibility index (Phi) is 1.79. The Bertz CT molecular complexity index is 118. The lowest BCUT2D eigenvalue weighted by Gasteiger charge is -2.33. The first-order valence-corrected chi connectivity index (χ1v) is 3.62. The molecule has 0 aromatic heterocycles. The molecule has 0 saturated carbocycles. The summed E-state index contributed by atoms with van der Waals surface area (Å²) in [6, 6.07) is 0.714. The molecule has 1 heterocycles. The van der Waals surface area contributed by atoms with E-state index in [0.717, 1.165) is 0 Å². The molecule has 0 aromatic carbocycles.